The highest BCUT2D eigenvalue weighted by atomic mass is 16.6. The van der Waals surface area contributed by atoms with Crippen LogP contribution in [-0.4, -0.2) is 19.3 Å². The zero-order valence-electron chi connectivity index (χ0n) is 11.4. The molecule has 0 saturated heterocycles. The fourth-order valence-corrected chi connectivity index (χ4v) is 2.00. The summed E-state index contributed by atoms with van der Waals surface area (Å²) in [4.78, 5) is 11.7. The minimum atomic E-state index is -0.490. The maximum absolute atomic E-state index is 11.7. The Morgan fingerprint density at radius 2 is 1.81 bits per heavy atom. The molecule has 21 heavy (non-hydrogen) atoms. The first-order valence-electron chi connectivity index (χ1n) is 6.70. The van der Waals surface area contributed by atoms with Crippen molar-refractivity contribution in [2.45, 2.75) is 6.54 Å². The second-order valence-electron chi connectivity index (χ2n) is 4.53. The van der Waals surface area contributed by atoms with E-state index < -0.39 is 6.09 Å². The molecule has 5 nitrogen and oxygen atoms in total. The lowest BCUT2D eigenvalue weighted by Gasteiger charge is -2.18. The first-order valence-corrected chi connectivity index (χ1v) is 6.70. The number of nitrogens with one attached hydrogen (secondary N) is 1. The van der Waals surface area contributed by atoms with E-state index in [1.165, 1.54) is 0 Å². The first kappa shape index (κ1) is 13.3. The van der Waals surface area contributed by atoms with Gasteiger partial charge in [0.15, 0.2) is 11.5 Å². The van der Waals surface area contributed by atoms with Crippen LogP contribution in [0.2, 0.25) is 0 Å². The summed E-state index contributed by atoms with van der Waals surface area (Å²) in [5, 5.41) is 2.70. The van der Waals surface area contributed by atoms with Gasteiger partial charge >= 0.3 is 6.09 Å². The summed E-state index contributed by atoms with van der Waals surface area (Å²) in [6, 6.07) is 14.5. The quantitative estimate of drug-likeness (QED) is 0.942. The summed E-state index contributed by atoms with van der Waals surface area (Å²) in [5.74, 6) is 1.95. The van der Waals surface area contributed by atoms with E-state index in [0.717, 1.165) is 11.3 Å². The Labute approximate surface area is 122 Å². The molecule has 0 fully saturated rings. The van der Waals surface area contributed by atoms with Crippen LogP contribution >= 0.6 is 0 Å². The molecule has 0 bridgehead atoms. The number of rotatable bonds is 3. The number of carbonyl (C=O) groups is 1. The molecule has 0 aromatic heterocycles. The molecule has 1 amide bonds. The second-order valence-corrected chi connectivity index (χ2v) is 4.53. The molecule has 0 atom stereocenters. The van der Waals surface area contributed by atoms with Crippen molar-refractivity contribution in [1.29, 1.82) is 0 Å². The largest absolute Gasteiger partial charge is 0.486 e. The van der Waals surface area contributed by atoms with Crippen molar-refractivity contribution in [3.8, 4) is 17.2 Å². The summed E-state index contributed by atoms with van der Waals surface area (Å²) in [6.07, 6.45) is -0.490. The van der Waals surface area contributed by atoms with Crippen LogP contribution < -0.4 is 19.5 Å². The predicted molar refractivity (Wildman–Crippen MR) is 76.7 cm³/mol. The Morgan fingerprint density at radius 3 is 2.62 bits per heavy atom. The lowest BCUT2D eigenvalue weighted by molar-refractivity contribution is 0.171. The molecule has 1 aliphatic heterocycles. The van der Waals surface area contributed by atoms with E-state index in [-0.39, 0.29) is 0 Å². The van der Waals surface area contributed by atoms with Crippen LogP contribution in [0.15, 0.2) is 48.5 Å². The van der Waals surface area contributed by atoms with Crippen LogP contribution in [0, 0.1) is 0 Å². The van der Waals surface area contributed by atoms with Crippen LogP contribution in [0.25, 0.3) is 0 Å². The standard InChI is InChI=1S/C16H15NO4/c18-16(21-13-4-2-1-3-5-13)17-11-12-6-7-14-15(10-12)20-9-8-19-14/h1-7,10H,8-9,11H2,(H,17,18). The van der Waals surface area contributed by atoms with Gasteiger partial charge in [-0.3, -0.25) is 0 Å². The van der Waals surface area contributed by atoms with Gasteiger partial charge in [-0.15, -0.1) is 0 Å². The lowest BCUT2D eigenvalue weighted by atomic mass is 10.2. The molecule has 0 saturated carbocycles. The molecule has 0 radical (unpaired) electrons. The van der Waals surface area contributed by atoms with E-state index in [1.807, 2.05) is 36.4 Å². The van der Waals surface area contributed by atoms with Crippen LogP contribution in [0.5, 0.6) is 17.2 Å². The highest BCUT2D eigenvalue weighted by molar-refractivity contribution is 5.70. The van der Waals surface area contributed by atoms with E-state index >= 15 is 0 Å². The van der Waals surface area contributed by atoms with Gasteiger partial charge in [-0.2, -0.15) is 0 Å². The molecule has 1 aliphatic rings. The third-order valence-corrected chi connectivity index (χ3v) is 3.00. The molecule has 5 heteroatoms. The number of amides is 1. The lowest BCUT2D eigenvalue weighted by Crippen LogP contribution is -2.26. The van der Waals surface area contributed by atoms with Crippen molar-refractivity contribution in [3.63, 3.8) is 0 Å². The summed E-state index contributed by atoms with van der Waals surface area (Å²) < 4.78 is 16.1. The minimum absolute atomic E-state index is 0.363. The van der Waals surface area contributed by atoms with Crippen molar-refractivity contribution in [3.05, 3.63) is 54.1 Å². The van der Waals surface area contributed by atoms with Gasteiger partial charge < -0.3 is 19.5 Å². The van der Waals surface area contributed by atoms with E-state index in [2.05, 4.69) is 5.32 Å². The van der Waals surface area contributed by atoms with E-state index in [9.17, 15) is 4.79 Å². The van der Waals surface area contributed by atoms with Crippen LogP contribution in [0.1, 0.15) is 5.56 Å². The molecule has 108 valence electrons. The smallest absolute Gasteiger partial charge is 0.412 e. The Hall–Kier alpha value is -2.69. The molecule has 3 rings (SSSR count). The molecule has 0 aliphatic carbocycles. The molecular weight excluding hydrogens is 270 g/mol. The highest BCUT2D eigenvalue weighted by Gasteiger charge is 2.12. The van der Waals surface area contributed by atoms with Gasteiger partial charge in [0.25, 0.3) is 0 Å². The fourth-order valence-electron chi connectivity index (χ4n) is 2.00. The Balaban J connectivity index is 1.56. The molecule has 0 spiro atoms. The molecule has 1 N–H and O–H groups in total. The molecule has 1 heterocycles. The summed E-state index contributed by atoms with van der Waals surface area (Å²) in [5.41, 5.74) is 0.921. The number of benzene rings is 2. The maximum Gasteiger partial charge on any atom is 0.412 e. The number of hydrogen-bond donors (Lipinski definition) is 1. The van der Waals surface area contributed by atoms with Crippen molar-refractivity contribution in [2.75, 3.05) is 13.2 Å². The third-order valence-electron chi connectivity index (χ3n) is 3.00. The van der Waals surface area contributed by atoms with Gasteiger partial charge in [0, 0.05) is 6.54 Å². The number of ether oxygens (including phenoxy) is 3. The zero-order chi connectivity index (χ0) is 14.5. The van der Waals surface area contributed by atoms with Crippen LogP contribution in [-0.2, 0) is 6.54 Å². The normalized spacial score (nSPS) is 12.6. The summed E-state index contributed by atoms with van der Waals surface area (Å²) >= 11 is 0. The fraction of sp³-hybridized carbons (Fsp3) is 0.188. The molecule has 2 aromatic rings. The second kappa shape index (κ2) is 6.17. The number of para-hydroxylation sites is 1. The first-order chi connectivity index (χ1) is 10.3. The average Bonchev–Trinajstić information content (AvgIpc) is 2.54. The van der Waals surface area contributed by atoms with Crippen molar-refractivity contribution in [1.82, 2.24) is 5.32 Å². The van der Waals surface area contributed by atoms with Gasteiger partial charge in [0.2, 0.25) is 0 Å². The van der Waals surface area contributed by atoms with Gasteiger partial charge in [0.1, 0.15) is 19.0 Å². The average molecular weight is 285 g/mol. The van der Waals surface area contributed by atoms with Gasteiger partial charge in [-0.25, -0.2) is 4.79 Å². The van der Waals surface area contributed by atoms with Crippen molar-refractivity contribution in [2.24, 2.45) is 0 Å². The molecule has 2 aromatic carbocycles. The Bertz CT molecular complexity index is 627. The summed E-state index contributed by atoms with van der Waals surface area (Å²) in [6.45, 7) is 1.47. The minimum Gasteiger partial charge on any atom is -0.486 e. The van der Waals surface area contributed by atoms with E-state index in [1.54, 1.807) is 12.1 Å². The predicted octanol–water partition coefficient (Wildman–Crippen LogP) is 2.75. The number of hydrogen-bond acceptors (Lipinski definition) is 4. The maximum atomic E-state index is 11.7. The SMILES string of the molecule is O=C(NCc1ccc2c(c1)OCCO2)Oc1ccccc1. The molecule has 0 unspecified atom stereocenters. The number of carbonyl (C=O) groups excluding carboxylic acids is 1. The van der Waals surface area contributed by atoms with Gasteiger partial charge in [-0.1, -0.05) is 24.3 Å². The van der Waals surface area contributed by atoms with Gasteiger partial charge in [0.05, 0.1) is 0 Å². The topological polar surface area (TPSA) is 56.8 Å². The zero-order valence-corrected chi connectivity index (χ0v) is 11.4. The Kier molecular flexibility index (Phi) is 3.91. The summed E-state index contributed by atoms with van der Waals surface area (Å²) in [7, 11) is 0. The van der Waals surface area contributed by atoms with Crippen molar-refractivity contribution < 1.29 is 19.0 Å². The van der Waals surface area contributed by atoms with E-state index in [0.29, 0.717) is 31.3 Å². The van der Waals surface area contributed by atoms with Crippen molar-refractivity contribution >= 4 is 6.09 Å². The third kappa shape index (κ3) is 3.45. The highest BCUT2D eigenvalue weighted by Crippen LogP contribution is 2.30. The van der Waals surface area contributed by atoms with E-state index in [4.69, 9.17) is 14.2 Å². The molecular formula is C16H15NO4. The van der Waals surface area contributed by atoms with Gasteiger partial charge in [-0.05, 0) is 29.8 Å². The van der Waals surface area contributed by atoms with Crippen LogP contribution in [0.3, 0.4) is 0 Å². The Morgan fingerprint density at radius 1 is 1.05 bits per heavy atom. The monoisotopic (exact) mass is 285 g/mol. The van der Waals surface area contributed by atoms with Crippen LogP contribution in [0.4, 0.5) is 4.79 Å². The number of fused-ring (bicyclic) bond motifs is 1.